The molecule has 0 bridgehead atoms. The van der Waals surface area contributed by atoms with Crippen LogP contribution in [0.2, 0.25) is 0 Å². The van der Waals surface area contributed by atoms with E-state index < -0.39 is 8.53 Å². The Morgan fingerprint density at radius 1 is 1.10 bits per heavy atom. The number of rotatable bonds is 13. The summed E-state index contributed by atoms with van der Waals surface area (Å²) in [4.78, 5) is 0. The van der Waals surface area contributed by atoms with Crippen LogP contribution in [-0.4, -0.2) is 42.7 Å². The Hall–Kier alpha value is -1.06. The van der Waals surface area contributed by atoms with Crippen LogP contribution >= 0.6 is 8.53 Å². The zero-order chi connectivity index (χ0) is 21.1. The van der Waals surface area contributed by atoms with Crippen molar-refractivity contribution >= 4 is 8.53 Å². The van der Waals surface area contributed by atoms with Gasteiger partial charge in [0.05, 0.1) is 38.4 Å². The fourth-order valence-corrected chi connectivity index (χ4v) is 4.94. The molecule has 0 radical (unpaired) electrons. The normalized spacial score (nSPS) is 20.5. The van der Waals surface area contributed by atoms with Gasteiger partial charge in [0.2, 0.25) is 0 Å². The predicted molar refractivity (Wildman–Crippen MR) is 115 cm³/mol. The molecule has 0 amide bonds. The molecular formula is C22H35N2O4P. The molecule has 1 heterocycles. The summed E-state index contributed by atoms with van der Waals surface area (Å²) in [7, 11) is -1.15. The van der Waals surface area contributed by atoms with Gasteiger partial charge in [0.1, 0.15) is 0 Å². The number of benzene rings is 1. The molecule has 1 aromatic rings. The summed E-state index contributed by atoms with van der Waals surface area (Å²) in [5.74, 6) is 0. The van der Waals surface area contributed by atoms with Crippen molar-refractivity contribution in [1.82, 2.24) is 4.67 Å². The van der Waals surface area contributed by atoms with Crippen molar-refractivity contribution in [2.45, 2.75) is 77.9 Å². The van der Waals surface area contributed by atoms with Crippen LogP contribution < -0.4 is 0 Å². The third kappa shape index (κ3) is 8.30. The fourth-order valence-electron chi connectivity index (χ4n) is 3.31. The summed E-state index contributed by atoms with van der Waals surface area (Å²) in [5.41, 5.74) is 1.07. The summed E-state index contributed by atoms with van der Waals surface area (Å²) in [6, 6.07) is 12.8. The van der Waals surface area contributed by atoms with Crippen molar-refractivity contribution in [3.05, 3.63) is 35.9 Å². The van der Waals surface area contributed by atoms with Crippen molar-refractivity contribution in [3.63, 3.8) is 0 Å². The summed E-state index contributed by atoms with van der Waals surface area (Å²) in [6.45, 7) is 10.3. The SMILES string of the molecule is CC(C)N(C(C)C)P(OCCC#N)OCCCCC1COC(c2ccccc2)O1. The summed E-state index contributed by atoms with van der Waals surface area (Å²) in [6.07, 6.45) is 3.19. The van der Waals surface area contributed by atoms with Crippen molar-refractivity contribution in [1.29, 1.82) is 5.26 Å². The van der Waals surface area contributed by atoms with Crippen LogP contribution in [0.25, 0.3) is 0 Å². The Morgan fingerprint density at radius 3 is 2.45 bits per heavy atom. The summed E-state index contributed by atoms with van der Waals surface area (Å²) in [5, 5.41) is 8.78. The van der Waals surface area contributed by atoms with E-state index in [1.807, 2.05) is 30.3 Å². The monoisotopic (exact) mass is 422 g/mol. The molecule has 0 spiro atoms. The van der Waals surface area contributed by atoms with Gasteiger partial charge in [-0.3, -0.25) is 0 Å². The average molecular weight is 423 g/mol. The molecule has 0 saturated carbocycles. The zero-order valence-corrected chi connectivity index (χ0v) is 19.0. The molecule has 1 aliphatic heterocycles. The molecule has 0 aliphatic carbocycles. The van der Waals surface area contributed by atoms with Crippen LogP contribution in [0.3, 0.4) is 0 Å². The van der Waals surface area contributed by atoms with Crippen LogP contribution in [0.5, 0.6) is 0 Å². The summed E-state index contributed by atoms with van der Waals surface area (Å²) < 4.78 is 26.1. The smallest absolute Gasteiger partial charge is 0.259 e. The van der Waals surface area contributed by atoms with Crippen molar-refractivity contribution in [3.8, 4) is 6.07 Å². The first-order chi connectivity index (χ1) is 14.0. The predicted octanol–water partition coefficient (Wildman–Crippen LogP) is 5.56. The lowest BCUT2D eigenvalue weighted by Gasteiger charge is -2.35. The van der Waals surface area contributed by atoms with Gasteiger partial charge in [-0.25, -0.2) is 4.67 Å². The lowest BCUT2D eigenvalue weighted by Crippen LogP contribution is -2.33. The molecule has 1 fully saturated rings. The largest absolute Gasteiger partial charge is 0.346 e. The topological polar surface area (TPSA) is 64.0 Å². The molecule has 0 N–H and O–H groups in total. The third-order valence-corrected chi connectivity index (χ3v) is 6.71. The van der Waals surface area contributed by atoms with E-state index in [1.165, 1.54) is 0 Å². The maximum Gasteiger partial charge on any atom is 0.259 e. The fraction of sp³-hybridized carbons (Fsp3) is 0.682. The highest BCUT2D eigenvalue weighted by Gasteiger charge is 2.28. The van der Waals surface area contributed by atoms with Crippen LogP contribution in [0.4, 0.5) is 0 Å². The van der Waals surface area contributed by atoms with Gasteiger partial charge in [0.15, 0.2) is 6.29 Å². The number of nitrogens with zero attached hydrogens (tertiary/aromatic N) is 2. The van der Waals surface area contributed by atoms with Crippen LogP contribution in [0, 0.1) is 11.3 Å². The first kappa shape index (κ1) is 24.2. The van der Waals surface area contributed by atoms with E-state index >= 15 is 0 Å². The molecular weight excluding hydrogens is 387 g/mol. The highest BCUT2D eigenvalue weighted by Crippen LogP contribution is 2.46. The molecule has 162 valence electrons. The van der Waals surface area contributed by atoms with Gasteiger partial charge in [-0.1, -0.05) is 30.3 Å². The molecule has 0 aromatic heterocycles. The number of unbranched alkanes of at least 4 members (excludes halogenated alkanes) is 1. The van der Waals surface area contributed by atoms with Gasteiger partial charge in [-0.05, 0) is 47.0 Å². The molecule has 3 atom stereocenters. The Balaban J connectivity index is 1.70. The van der Waals surface area contributed by atoms with E-state index in [-0.39, 0.29) is 12.4 Å². The van der Waals surface area contributed by atoms with Crippen molar-refractivity contribution in [2.24, 2.45) is 0 Å². The minimum atomic E-state index is -1.15. The molecule has 7 heteroatoms. The third-order valence-electron chi connectivity index (χ3n) is 4.61. The molecule has 3 unspecified atom stereocenters. The standard InChI is InChI=1S/C22H35N2O4P/c1-18(2)24(19(3)4)29(27-16-10-14-23)26-15-9-8-13-21-17-25-22(28-21)20-11-6-5-7-12-20/h5-7,11-12,18-19,21-22H,8-10,13,15-17H2,1-4H3. The minimum absolute atomic E-state index is 0.136. The lowest BCUT2D eigenvalue weighted by molar-refractivity contribution is -0.0614. The van der Waals surface area contributed by atoms with E-state index in [9.17, 15) is 0 Å². The second-order valence-electron chi connectivity index (χ2n) is 7.71. The molecule has 1 aromatic carbocycles. The molecule has 1 saturated heterocycles. The maximum absolute atomic E-state index is 8.78. The average Bonchev–Trinajstić information content (AvgIpc) is 3.16. The van der Waals surface area contributed by atoms with Gasteiger partial charge in [-0.15, -0.1) is 0 Å². The van der Waals surface area contributed by atoms with Gasteiger partial charge in [0.25, 0.3) is 8.53 Å². The van der Waals surface area contributed by atoms with E-state index in [2.05, 4.69) is 38.4 Å². The quantitative estimate of drug-likeness (QED) is 0.306. The molecule has 6 nitrogen and oxygen atoms in total. The number of hydrogen-bond acceptors (Lipinski definition) is 6. The molecule has 1 aliphatic rings. The Morgan fingerprint density at radius 2 is 1.79 bits per heavy atom. The van der Waals surface area contributed by atoms with E-state index in [4.69, 9.17) is 23.8 Å². The molecule has 2 rings (SSSR count). The van der Waals surface area contributed by atoms with Gasteiger partial charge < -0.3 is 18.5 Å². The lowest BCUT2D eigenvalue weighted by atomic mass is 10.2. The van der Waals surface area contributed by atoms with Gasteiger partial charge in [0, 0.05) is 17.6 Å². The number of nitriles is 1. The zero-order valence-electron chi connectivity index (χ0n) is 18.1. The first-order valence-electron chi connectivity index (χ1n) is 10.6. The van der Waals surface area contributed by atoms with Crippen LogP contribution in [0.15, 0.2) is 30.3 Å². The first-order valence-corrected chi connectivity index (χ1v) is 11.7. The van der Waals surface area contributed by atoms with Gasteiger partial charge in [-0.2, -0.15) is 5.26 Å². The van der Waals surface area contributed by atoms with E-state index in [0.717, 1.165) is 24.8 Å². The highest BCUT2D eigenvalue weighted by atomic mass is 31.2. The number of ether oxygens (including phenoxy) is 2. The maximum atomic E-state index is 8.78. The van der Waals surface area contributed by atoms with E-state index in [1.54, 1.807) is 0 Å². The second kappa shape index (κ2) is 13.3. The molecule has 29 heavy (non-hydrogen) atoms. The summed E-state index contributed by atoms with van der Waals surface area (Å²) >= 11 is 0. The van der Waals surface area contributed by atoms with Crippen molar-refractivity contribution < 1.29 is 18.5 Å². The Bertz CT molecular complexity index is 601. The Labute approximate surface area is 177 Å². The van der Waals surface area contributed by atoms with Gasteiger partial charge >= 0.3 is 0 Å². The Kier molecular flexibility index (Phi) is 11.1. The van der Waals surface area contributed by atoms with Crippen LogP contribution in [0.1, 0.15) is 65.2 Å². The number of hydrogen-bond donors (Lipinski definition) is 0. The second-order valence-corrected chi connectivity index (χ2v) is 9.16. The van der Waals surface area contributed by atoms with E-state index in [0.29, 0.717) is 38.3 Å². The van der Waals surface area contributed by atoms with Crippen molar-refractivity contribution in [2.75, 3.05) is 19.8 Å². The highest BCUT2D eigenvalue weighted by molar-refractivity contribution is 7.44. The minimum Gasteiger partial charge on any atom is -0.346 e. The van der Waals surface area contributed by atoms with Crippen LogP contribution in [-0.2, 0) is 18.5 Å².